The number of aliphatic hydroxyl groups is 2. The number of nitrogens with two attached hydrogens (primary N) is 1. The first kappa shape index (κ1) is 50.2. The lowest BCUT2D eigenvalue weighted by atomic mass is 9.93. The van der Waals surface area contributed by atoms with E-state index in [-0.39, 0.29) is 62.0 Å². The van der Waals surface area contributed by atoms with Crippen LogP contribution in [0.1, 0.15) is 51.4 Å². The maximum Gasteiger partial charge on any atom is 0.406 e. The Morgan fingerprint density at radius 2 is 1.11 bits per heavy atom. The molecule has 23 heteroatoms. The predicted octanol–water partition coefficient (Wildman–Crippen LogP) is 7.72. The predicted molar refractivity (Wildman–Crippen MR) is 238 cm³/mol. The molecule has 4 heterocycles. The van der Waals surface area contributed by atoms with Gasteiger partial charge in [-0.2, -0.15) is 36.3 Å². The molecule has 354 valence electrons. The van der Waals surface area contributed by atoms with Gasteiger partial charge in [0.15, 0.2) is 0 Å². The van der Waals surface area contributed by atoms with Crippen molar-refractivity contribution in [3.8, 4) is 22.3 Å². The zero-order chi connectivity index (χ0) is 48.1. The fraction of sp³-hybridized carbons (Fsp3) is 0.395. The molecule has 2 aliphatic rings. The third kappa shape index (κ3) is 13.0. The zero-order valence-electron chi connectivity index (χ0n) is 35.0. The lowest BCUT2D eigenvalue weighted by Crippen LogP contribution is -2.31. The molecule has 8 rings (SSSR count). The van der Waals surface area contributed by atoms with Crippen LogP contribution in [0, 0.1) is 0 Å². The van der Waals surface area contributed by atoms with E-state index < -0.39 is 57.2 Å². The van der Waals surface area contributed by atoms with Crippen LogP contribution in [-0.4, -0.2) is 90.6 Å². The van der Waals surface area contributed by atoms with E-state index in [1.807, 2.05) is 0 Å². The van der Waals surface area contributed by atoms with Gasteiger partial charge in [-0.05, 0) is 75.6 Å². The van der Waals surface area contributed by atoms with Crippen molar-refractivity contribution in [3.05, 3.63) is 104 Å². The number of sulfone groups is 1. The Labute approximate surface area is 383 Å². The van der Waals surface area contributed by atoms with Crippen LogP contribution < -0.4 is 22.2 Å². The molecular weight excluding hydrogens is 941 g/mol. The molecule has 66 heavy (non-hydrogen) atoms. The van der Waals surface area contributed by atoms with Gasteiger partial charge in [0.2, 0.25) is 20.9 Å². The summed E-state index contributed by atoms with van der Waals surface area (Å²) in [7, 11) is -3.88. The minimum atomic E-state index is -4.73. The molecule has 0 atom stereocenters. The quantitative estimate of drug-likeness (QED) is 0.0896. The van der Waals surface area contributed by atoms with Crippen molar-refractivity contribution in [2.24, 2.45) is 5.73 Å². The third-order valence-electron chi connectivity index (χ3n) is 10.7. The number of aromatic nitrogens is 6. The average Bonchev–Trinajstić information content (AvgIpc) is 3.24. The van der Waals surface area contributed by atoms with Crippen LogP contribution in [0.2, 0.25) is 10.0 Å². The van der Waals surface area contributed by atoms with Gasteiger partial charge in [0.1, 0.15) is 24.4 Å². The number of benzene rings is 2. The Morgan fingerprint density at radius 1 is 0.682 bits per heavy atom. The second kappa shape index (κ2) is 20.8. The molecule has 2 fully saturated rings. The Hall–Kier alpha value is -5.19. The Bertz CT molecular complexity index is 2910. The van der Waals surface area contributed by atoms with Gasteiger partial charge in [-0.3, -0.25) is 18.7 Å². The number of nitrogens with one attached hydrogen (secondary N) is 1. The molecule has 2 saturated carbocycles. The number of nitrogens with zero attached hydrogens (tertiary/aromatic N) is 6. The molecule has 14 nitrogen and oxygen atoms in total. The maximum absolute atomic E-state index is 13.3. The van der Waals surface area contributed by atoms with Crippen molar-refractivity contribution in [1.82, 2.24) is 29.1 Å². The molecule has 2 aromatic carbocycles. The Morgan fingerprint density at radius 3 is 1.53 bits per heavy atom. The van der Waals surface area contributed by atoms with E-state index in [9.17, 15) is 49.5 Å². The fourth-order valence-corrected chi connectivity index (χ4v) is 8.42. The van der Waals surface area contributed by atoms with Crippen molar-refractivity contribution in [2.75, 3.05) is 11.6 Å². The third-order valence-corrected chi connectivity index (χ3v) is 12.3. The lowest BCUT2D eigenvalue weighted by molar-refractivity contribution is -0.141. The van der Waals surface area contributed by atoms with Crippen molar-refractivity contribution >= 4 is 61.1 Å². The van der Waals surface area contributed by atoms with Crippen molar-refractivity contribution in [2.45, 2.75) is 106 Å². The number of hydrogen-bond donors (Lipinski definition) is 4. The highest BCUT2D eigenvalue weighted by molar-refractivity contribution is 7.90. The molecule has 0 amide bonds. The first-order valence-electron chi connectivity index (χ1n) is 20.5. The second-order valence-corrected chi connectivity index (χ2v) is 18.7. The van der Waals surface area contributed by atoms with E-state index >= 15 is 0 Å². The molecule has 6 aromatic rings. The fourth-order valence-electron chi connectivity index (χ4n) is 7.45. The van der Waals surface area contributed by atoms with E-state index in [2.05, 4.69) is 25.3 Å². The molecule has 2 aliphatic carbocycles. The summed E-state index contributed by atoms with van der Waals surface area (Å²) in [6.07, 6.45) is -0.00210. The van der Waals surface area contributed by atoms with Crippen molar-refractivity contribution < 1.29 is 45.0 Å². The standard InChI is InChI=1S/C21H20ClF3N4O2.C16H11ClF3N3O3S.C6H13NO/c22-17-4-2-1-3-15(17)16-9-12-10-26-20(27-13-5-7-14(30)8-6-13)28-18(12)29(19(16)31)11-21(23,24)25;1-27(25,26)15-21-7-9-6-11(10-4-2-3-5-12(10)17)14(24)23(13(9)22-15)8-16(18,19)20;7-5-1-3-6(8)4-2-5/h1-4,9-10,13-14,30H,5-8,11H2,(H,26,27,28);2-7H,8H2,1H3;5-6,8H,1-4,7H2. The SMILES string of the molecule is CS(=O)(=O)c1ncc2cc(-c3ccccc3Cl)c(=O)n(CC(F)(F)F)c2n1.NC1CCC(O)CC1.O=c1c(-c2ccccc2Cl)cc2cnc(NC3CCC(O)CC3)nc2n1CC(F)(F)F. The number of rotatable bonds is 7. The number of alkyl halides is 6. The van der Waals surface area contributed by atoms with E-state index in [1.54, 1.807) is 36.4 Å². The van der Waals surface area contributed by atoms with Gasteiger partial charge in [0.25, 0.3) is 11.1 Å². The molecule has 0 saturated heterocycles. The normalized spacial score (nSPS) is 19.1. The van der Waals surface area contributed by atoms with E-state index in [1.165, 1.54) is 30.5 Å². The molecule has 4 aromatic heterocycles. The largest absolute Gasteiger partial charge is 0.406 e. The average molecular weight is 986 g/mol. The molecular formula is C43H44Cl2F6N8O6S. The van der Waals surface area contributed by atoms with E-state index in [0.717, 1.165) is 38.1 Å². The number of pyridine rings is 2. The molecule has 5 N–H and O–H groups in total. The first-order valence-corrected chi connectivity index (χ1v) is 23.1. The second-order valence-electron chi connectivity index (χ2n) is 16.0. The summed E-state index contributed by atoms with van der Waals surface area (Å²) in [5.41, 5.74) is 3.79. The highest BCUT2D eigenvalue weighted by atomic mass is 35.5. The van der Waals surface area contributed by atoms with Gasteiger partial charge in [0.05, 0.1) is 12.2 Å². The van der Waals surface area contributed by atoms with Crippen LogP contribution in [0.25, 0.3) is 44.3 Å². The van der Waals surface area contributed by atoms with Gasteiger partial charge in [-0.1, -0.05) is 59.6 Å². The van der Waals surface area contributed by atoms with Gasteiger partial charge < -0.3 is 21.3 Å². The topological polar surface area (TPSA) is 208 Å². The molecule has 0 aliphatic heterocycles. The lowest BCUT2D eigenvalue weighted by Gasteiger charge is -2.26. The van der Waals surface area contributed by atoms with Gasteiger partial charge >= 0.3 is 12.4 Å². The van der Waals surface area contributed by atoms with Crippen LogP contribution >= 0.6 is 23.2 Å². The van der Waals surface area contributed by atoms with E-state index in [0.29, 0.717) is 51.8 Å². The van der Waals surface area contributed by atoms with Crippen LogP contribution in [0.3, 0.4) is 0 Å². The minimum absolute atomic E-state index is 0.00559. The molecule has 0 unspecified atom stereocenters. The number of halogens is 8. The van der Waals surface area contributed by atoms with Crippen LogP contribution in [-0.2, 0) is 22.9 Å². The summed E-state index contributed by atoms with van der Waals surface area (Å²) in [4.78, 5) is 41.6. The summed E-state index contributed by atoms with van der Waals surface area (Å²) in [6, 6.07) is 15.8. The Balaban J connectivity index is 0.000000188. The highest BCUT2D eigenvalue weighted by Crippen LogP contribution is 2.31. The molecule has 0 bridgehead atoms. The van der Waals surface area contributed by atoms with Gasteiger partial charge in [0, 0.05) is 73.8 Å². The minimum Gasteiger partial charge on any atom is -0.393 e. The van der Waals surface area contributed by atoms with Crippen LogP contribution in [0.5, 0.6) is 0 Å². The smallest absolute Gasteiger partial charge is 0.393 e. The summed E-state index contributed by atoms with van der Waals surface area (Å²) in [6.45, 7) is -3.12. The maximum atomic E-state index is 13.3. The highest BCUT2D eigenvalue weighted by Gasteiger charge is 2.32. The monoisotopic (exact) mass is 984 g/mol. The Kier molecular flexibility index (Phi) is 15.8. The summed E-state index contributed by atoms with van der Waals surface area (Å²) >= 11 is 12.3. The van der Waals surface area contributed by atoms with Crippen LogP contribution in [0.4, 0.5) is 32.3 Å². The number of hydrogen-bond acceptors (Lipinski definition) is 12. The number of fused-ring (bicyclic) bond motifs is 2. The summed E-state index contributed by atoms with van der Waals surface area (Å²) in [5.74, 6) is 0.148. The van der Waals surface area contributed by atoms with Gasteiger partial charge in [-0.15, -0.1) is 0 Å². The number of aliphatic hydroxyl groups excluding tert-OH is 2. The number of anilines is 1. The van der Waals surface area contributed by atoms with Gasteiger partial charge in [-0.25, -0.2) is 18.4 Å². The zero-order valence-corrected chi connectivity index (χ0v) is 37.4. The molecule has 0 radical (unpaired) electrons. The summed E-state index contributed by atoms with van der Waals surface area (Å²) in [5, 5.41) is 21.9. The first-order chi connectivity index (χ1) is 31.0. The van der Waals surface area contributed by atoms with Crippen molar-refractivity contribution in [3.63, 3.8) is 0 Å². The summed E-state index contributed by atoms with van der Waals surface area (Å²) < 4.78 is 103. The molecule has 0 spiro atoms. The van der Waals surface area contributed by atoms with Crippen LogP contribution in [0.15, 0.2) is 87.8 Å². The van der Waals surface area contributed by atoms with Crippen molar-refractivity contribution in [1.29, 1.82) is 0 Å². The van der Waals surface area contributed by atoms with E-state index in [4.69, 9.17) is 34.0 Å².